The number of carboxylic acid groups (broad SMARTS) is 2. The number of carboxylic acids is 2. The number of para-hydroxylation sites is 1. The fourth-order valence-corrected chi connectivity index (χ4v) is 4.06. The Kier molecular flexibility index (Phi) is 6.34. The van der Waals surface area contributed by atoms with Crippen LogP contribution in [0.4, 0.5) is 5.69 Å². The van der Waals surface area contributed by atoms with Crippen molar-refractivity contribution in [2.75, 3.05) is 25.5 Å². The fourth-order valence-electron chi connectivity index (χ4n) is 4.06. The largest absolute Gasteiger partial charge is 0.478 e. The number of rotatable bonds is 3. The Bertz CT molecular complexity index is 853. The second kappa shape index (κ2) is 8.92. The highest BCUT2D eigenvalue weighted by Crippen LogP contribution is 2.43. The number of anilines is 1. The lowest BCUT2D eigenvalue weighted by Gasteiger charge is -2.27. The summed E-state index contributed by atoms with van der Waals surface area (Å²) in [5, 5.41) is 15.6. The average Bonchev–Trinajstić information content (AvgIpc) is 3.08. The van der Waals surface area contributed by atoms with Gasteiger partial charge in [-0.05, 0) is 49.7 Å². The van der Waals surface area contributed by atoms with E-state index in [0.717, 1.165) is 13.0 Å². The molecule has 0 saturated carbocycles. The summed E-state index contributed by atoms with van der Waals surface area (Å²) in [6.45, 7) is 1.13. The maximum absolute atomic E-state index is 9.55. The van der Waals surface area contributed by atoms with Gasteiger partial charge >= 0.3 is 11.9 Å². The van der Waals surface area contributed by atoms with E-state index < -0.39 is 11.9 Å². The molecule has 0 spiro atoms. The zero-order valence-electron chi connectivity index (χ0n) is 16.7. The molecular formula is C23H26N2O4. The highest BCUT2D eigenvalue weighted by Gasteiger charge is 2.37. The molecule has 2 atom stereocenters. The minimum Gasteiger partial charge on any atom is -0.478 e. The monoisotopic (exact) mass is 394 g/mol. The van der Waals surface area contributed by atoms with Crippen molar-refractivity contribution >= 4 is 17.6 Å². The van der Waals surface area contributed by atoms with Crippen molar-refractivity contribution in [3.8, 4) is 0 Å². The van der Waals surface area contributed by atoms with Crippen LogP contribution in [0, 0.1) is 0 Å². The first-order chi connectivity index (χ1) is 13.9. The molecule has 6 nitrogen and oxygen atoms in total. The molecule has 2 aliphatic rings. The molecule has 2 aliphatic heterocycles. The predicted octanol–water partition coefficient (Wildman–Crippen LogP) is 3.18. The van der Waals surface area contributed by atoms with E-state index in [9.17, 15) is 9.59 Å². The molecule has 0 bridgehead atoms. The zero-order chi connectivity index (χ0) is 21.0. The SMILES string of the molecule is CN(C)C1CC2c3ccccc3Cc3ccccc3N2C1.O=C(O)/C=C/C(=O)O. The number of nitrogens with zero attached hydrogens (tertiary/aromatic N) is 2. The third-order valence-electron chi connectivity index (χ3n) is 5.47. The van der Waals surface area contributed by atoms with Gasteiger partial charge in [-0.1, -0.05) is 42.5 Å². The number of likely N-dealkylation sites (N-methyl/N-ethyl adjacent to an activating group) is 1. The number of hydrogen-bond acceptors (Lipinski definition) is 4. The lowest BCUT2D eigenvalue weighted by Crippen LogP contribution is -2.31. The van der Waals surface area contributed by atoms with E-state index in [1.54, 1.807) is 0 Å². The molecule has 0 amide bonds. The van der Waals surface area contributed by atoms with Crippen molar-refractivity contribution in [3.63, 3.8) is 0 Å². The molecule has 4 rings (SSSR count). The first kappa shape index (κ1) is 20.6. The van der Waals surface area contributed by atoms with Crippen LogP contribution in [0.25, 0.3) is 0 Å². The van der Waals surface area contributed by atoms with Gasteiger partial charge in [0, 0.05) is 30.4 Å². The van der Waals surface area contributed by atoms with Gasteiger partial charge in [0.25, 0.3) is 0 Å². The Morgan fingerprint density at radius 1 is 0.966 bits per heavy atom. The van der Waals surface area contributed by atoms with E-state index in [2.05, 4.69) is 72.4 Å². The smallest absolute Gasteiger partial charge is 0.328 e. The topological polar surface area (TPSA) is 81.1 Å². The van der Waals surface area contributed by atoms with E-state index in [1.807, 2.05) is 0 Å². The van der Waals surface area contributed by atoms with Gasteiger partial charge in [0.15, 0.2) is 0 Å². The second-order valence-electron chi connectivity index (χ2n) is 7.54. The molecule has 0 radical (unpaired) electrons. The van der Waals surface area contributed by atoms with Crippen molar-refractivity contribution in [2.45, 2.75) is 24.9 Å². The standard InChI is InChI=1S/C19H22N2.C4H4O4/c1-20(2)16-12-19-17-9-5-3-7-14(17)11-15-8-4-6-10-18(15)21(19)13-16;5-3(6)1-2-4(7)8/h3-10,16,19H,11-13H2,1-2H3;1-2H,(H,5,6)(H,7,8)/b;2-1+. The number of hydrogen-bond donors (Lipinski definition) is 2. The summed E-state index contributed by atoms with van der Waals surface area (Å²) < 4.78 is 0. The van der Waals surface area contributed by atoms with Crippen LogP contribution in [0.15, 0.2) is 60.7 Å². The van der Waals surface area contributed by atoms with Crippen LogP contribution in [-0.4, -0.2) is 53.7 Å². The van der Waals surface area contributed by atoms with Gasteiger partial charge in [-0.15, -0.1) is 0 Å². The zero-order valence-corrected chi connectivity index (χ0v) is 16.7. The Labute approximate surface area is 170 Å². The van der Waals surface area contributed by atoms with Crippen LogP contribution in [0.2, 0.25) is 0 Å². The lowest BCUT2D eigenvalue weighted by atomic mass is 9.95. The molecule has 2 N–H and O–H groups in total. The van der Waals surface area contributed by atoms with Gasteiger partial charge in [0.1, 0.15) is 0 Å². The third-order valence-corrected chi connectivity index (χ3v) is 5.47. The Hall–Kier alpha value is -3.12. The molecule has 1 fully saturated rings. The van der Waals surface area contributed by atoms with Crippen molar-refractivity contribution < 1.29 is 19.8 Å². The summed E-state index contributed by atoms with van der Waals surface area (Å²) in [6, 6.07) is 19.1. The van der Waals surface area contributed by atoms with Gasteiger partial charge in [0.05, 0.1) is 6.04 Å². The first-order valence-electron chi connectivity index (χ1n) is 9.59. The van der Waals surface area contributed by atoms with Crippen molar-refractivity contribution in [3.05, 3.63) is 77.4 Å². The summed E-state index contributed by atoms with van der Waals surface area (Å²) in [5.41, 5.74) is 5.92. The highest BCUT2D eigenvalue weighted by molar-refractivity contribution is 5.89. The molecule has 0 aliphatic carbocycles. The van der Waals surface area contributed by atoms with Gasteiger partial charge in [-0.2, -0.15) is 0 Å². The maximum Gasteiger partial charge on any atom is 0.328 e. The van der Waals surface area contributed by atoms with E-state index in [-0.39, 0.29) is 0 Å². The van der Waals surface area contributed by atoms with Gasteiger partial charge in [-0.25, -0.2) is 9.59 Å². The van der Waals surface area contributed by atoms with Crippen LogP contribution in [0.5, 0.6) is 0 Å². The Morgan fingerprint density at radius 3 is 2.17 bits per heavy atom. The molecule has 0 aromatic heterocycles. The number of carbonyl (C=O) groups is 2. The van der Waals surface area contributed by atoms with E-state index in [0.29, 0.717) is 24.2 Å². The average molecular weight is 394 g/mol. The number of benzene rings is 2. The third kappa shape index (κ3) is 4.84. The maximum atomic E-state index is 9.55. The Balaban J connectivity index is 0.000000258. The molecule has 2 heterocycles. The highest BCUT2D eigenvalue weighted by atomic mass is 16.4. The summed E-state index contributed by atoms with van der Waals surface area (Å²) in [4.78, 5) is 24.1. The van der Waals surface area contributed by atoms with E-state index in [1.165, 1.54) is 28.8 Å². The summed E-state index contributed by atoms with van der Waals surface area (Å²) >= 11 is 0. The van der Waals surface area contributed by atoms with E-state index in [4.69, 9.17) is 10.2 Å². The fraction of sp³-hybridized carbons (Fsp3) is 0.304. The minimum absolute atomic E-state index is 0.525. The molecule has 152 valence electrons. The normalized spacial score (nSPS) is 19.6. The van der Waals surface area contributed by atoms with Crippen LogP contribution in [-0.2, 0) is 16.0 Å². The van der Waals surface area contributed by atoms with Crippen LogP contribution in [0.3, 0.4) is 0 Å². The van der Waals surface area contributed by atoms with Crippen LogP contribution >= 0.6 is 0 Å². The quantitative estimate of drug-likeness (QED) is 0.779. The number of fused-ring (bicyclic) bond motifs is 5. The second-order valence-corrected chi connectivity index (χ2v) is 7.54. The minimum atomic E-state index is -1.26. The van der Waals surface area contributed by atoms with Crippen molar-refractivity contribution in [1.82, 2.24) is 4.90 Å². The van der Waals surface area contributed by atoms with Gasteiger partial charge in [-0.3, -0.25) is 0 Å². The molecule has 1 saturated heterocycles. The van der Waals surface area contributed by atoms with Gasteiger partial charge in [0.2, 0.25) is 0 Å². The molecular weight excluding hydrogens is 368 g/mol. The molecule has 2 unspecified atom stereocenters. The Morgan fingerprint density at radius 2 is 1.55 bits per heavy atom. The molecule has 29 heavy (non-hydrogen) atoms. The number of aliphatic carboxylic acids is 2. The van der Waals surface area contributed by atoms with Crippen LogP contribution in [0.1, 0.15) is 29.2 Å². The molecule has 2 aromatic rings. The van der Waals surface area contributed by atoms with E-state index >= 15 is 0 Å². The summed E-state index contributed by atoms with van der Waals surface area (Å²) in [5.74, 6) is -2.51. The van der Waals surface area contributed by atoms with Crippen molar-refractivity contribution in [2.24, 2.45) is 0 Å². The van der Waals surface area contributed by atoms with Gasteiger partial charge < -0.3 is 20.0 Å². The summed E-state index contributed by atoms with van der Waals surface area (Å²) in [6.07, 6.45) is 3.40. The lowest BCUT2D eigenvalue weighted by molar-refractivity contribution is -0.134. The predicted molar refractivity (Wildman–Crippen MR) is 112 cm³/mol. The summed E-state index contributed by atoms with van der Waals surface area (Å²) in [7, 11) is 4.41. The van der Waals surface area contributed by atoms with Crippen molar-refractivity contribution in [1.29, 1.82) is 0 Å². The first-order valence-corrected chi connectivity index (χ1v) is 9.59. The molecule has 6 heteroatoms. The molecule has 2 aromatic carbocycles. The van der Waals surface area contributed by atoms with Crippen LogP contribution < -0.4 is 4.90 Å².